The van der Waals surface area contributed by atoms with Gasteiger partial charge in [-0.2, -0.15) is 0 Å². The minimum Gasteiger partial charge on any atom is -0.489 e. The molecule has 0 aliphatic heterocycles. The highest BCUT2D eigenvalue weighted by molar-refractivity contribution is 6.42. The van der Waals surface area contributed by atoms with Crippen molar-refractivity contribution in [1.29, 1.82) is 0 Å². The Labute approximate surface area is 127 Å². The number of halogens is 3. The summed E-state index contributed by atoms with van der Waals surface area (Å²) in [4.78, 5) is 0. The van der Waals surface area contributed by atoms with Crippen LogP contribution in [0.4, 0.5) is 0 Å². The summed E-state index contributed by atoms with van der Waals surface area (Å²) in [6.45, 7) is 0.767. The van der Waals surface area contributed by atoms with Gasteiger partial charge in [-0.1, -0.05) is 40.9 Å². The molecule has 5 heteroatoms. The average Bonchev–Trinajstić information content (AvgIpc) is 2.41. The van der Waals surface area contributed by atoms with Crippen LogP contribution in [0.25, 0.3) is 0 Å². The number of hydrogen-bond acceptors (Lipinski definition) is 2. The van der Waals surface area contributed by atoms with Crippen molar-refractivity contribution < 1.29 is 4.74 Å². The van der Waals surface area contributed by atoms with Crippen LogP contribution in [0.3, 0.4) is 0 Å². The fourth-order valence-electron chi connectivity index (χ4n) is 1.64. The Hall–Kier alpha value is -0.930. The lowest BCUT2D eigenvalue weighted by Crippen LogP contribution is -2.02. The van der Waals surface area contributed by atoms with E-state index in [1.54, 1.807) is 24.3 Å². The van der Waals surface area contributed by atoms with Crippen LogP contribution in [-0.2, 0) is 13.2 Å². The Morgan fingerprint density at radius 1 is 0.947 bits per heavy atom. The first-order valence-electron chi connectivity index (χ1n) is 5.65. The van der Waals surface area contributed by atoms with E-state index in [1.807, 2.05) is 12.1 Å². The smallest absolute Gasteiger partial charge is 0.124 e. The minimum absolute atomic E-state index is 0.372. The van der Waals surface area contributed by atoms with E-state index in [0.717, 1.165) is 16.9 Å². The second-order valence-electron chi connectivity index (χ2n) is 3.99. The fraction of sp³-hybridized carbons (Fsp3) is 0.143. The minimum atomic E-state index is 0.372. The second-order valence-corrected chi connectivity index (χ2v) is 5.24. The van der Waals surface area contributed by atoms with E-state index in [-0.39, 0.29) is 0 Å². The molecule has 0 fully saturated rings. The van der Waals surface area contributed by atoms with Crippen molar-refractivity contribution in [3.8, 4) is 5.75 Å². The van der Waals surface area contributed by atoms with Gasteiger partial charge in [-0.05, 0) is 35.9 Å². The molecule has 0 saturated carbocycles. The summed E-state index contributed by atoms with van der Waals surface area (Å²) in [5.41, 5.74) is 7.46. The second kappa shape index (κ2) is 6.49. The summed E-state index contributed by atoms with van der Waals surface area (Å²) in [7, 11) is 0. The first-order valence-corrected chi connectivity index (χ1v) is 6.79. The van der Waals surface area contributed by atoms with Gasteiger partial charge >= 0.3 is 0 Å². The molecule has 0 aliphatic rings. The molecule has 0 aliphatic carbocycles. The van der Waals surface area contributed by atoms with Crippen LogP contribution in [0.5, 0.6) is 5.75 Å². The lowest BCUT2D eigenvalue weighted by Gasteiger charge is -2.11. The van der Waals surface area contributed by atoms with Gasteiger partial charge in [0.2, 0.25) is 0 Å². The molecular formula is C14H12Cl3NO. The van der Waals surface area contributed by atoms with Crippen LogP contribution >= 0.6 is 34.8 Å². The monoisotopic (exact) mass is 315 g/mol. The van der Waals surface area contributed by atoms with Crippen molar-refractivity contribution in [3.05, 3.63) is 62.6 Å². The lowest BCUT2D eigenvalue weighted by atomic mass is 10.2. The van der Waals surface area contributed by atoms with Gasteiger partial charge in [0.25, 0.3) is 0 Å². The first kappa shape index (κ1) is 14.5. The van der Waals surface area contributed by atoms with Crippen LogP contribution in [0.15, 0.2) is 36.4 Å². The molecule has 100 valence electrons. The molecule has 19 heavy (non-hydrogen) atoms. The van der Waals surface area contributed by atoms with E-state index < -0.39 is 0 Å². The predicted octanol–water partition coefficient (Wildman–Crippen LogP) is 4.68. The number of ether oxygens (including phenoxy) is 1. The molecule has 0 heterocycles. The number of hydrogen-bond donors (Lipinski definition) is 1. The molecule has 0 radical (unpaired) electrons. The van der Waals surface area contributed by atoms with E-state index in [9.17, 15) is 0 Å². The van der Waals surface area contributed by atoms with E-state index in [0.29, 0.717) is 28.2 Å². The third kappa shape index (κ3) is 3.77. The molecule has 0 atom stereocenters. The summed E-state index contributed by atoms with van der Waals surface area (Å²) in [6.07, 6.45) is 0. The SMILES string of the molecule is NCc1cc(Cl)ccc1OCc1ccc(Cl)c(Cl)c1. The van der Waals surface area contributed by atoms with Gasteiger partial charge in [0.05, 0.1) is 10.0 Å². The van der Waals surface area contributed by atoms with Crippen LogP contribution < -0.4 is 10.5 Å². The number of nitrogens with two attached hydrogens (primary N) is 1. The summed E-state index contributed by atoms with van der Waals surface area (Å²) < 4.78 is 5.72. The van der Waals surface area contributed by atoms with Crippen LogP contribution in [0.2, 0.25) is 15.1 Å². The molecule has 0 unspecified atom stereocenters. The molecular weight excluding hydrogens is 305 g/mol. The molecule has 0 amide bonds. The van der Waals surface area contributed by atoms with E-state index in [4.69, 9.17) is 45.3 Å². The highest BCUT2D eigenvalue weighted by Gasteiger charge is 2.05. The molecule has 2 rings (SSSR count). The standard InChI is InChI=1S/C14H12Cl3NO/c15-11-2-4-14(10(6-11)7-18)19-8-9-1-3-12(16)13(17)5-9/h1-6H,7-8,18H2. The summed E-state index contributed by atoms with van der Waals surface area (Å²) >= 11 is 17.7. The van der Waals surface area contributed by atoms with Crippen molar-refractivity contribution in [2.45, 2.75) is 13.2 Å². The molecule has 2 nitrogen and oxygen atoms in total. The Morgan fingerprint density at radius 2 is 1.74 bits per heavy atom. The maximum atomic E-state index is 5.95. The van der Waals surface area contributed by atoms with Crippen molar-refractivity contribution >= 4 is 34.8 Å². The zero-order valence-electron chi connectivity index (χ0n) is 10.00. The Morgan fingerprint density at radius 3 is 2.42 bits per heavy atom. The topological polar surface area (TPSA) is 35.2 Å². The first-order chi connectivity index (χ1) is 9.10. The maximum absolute atomic E-state index is 5.95. The van der Waals surface area contributed by atoms with Crippen molar-refractivity contribution in [1.82, 2.24) is 0 Å². The quantitative estimate of drug-likeness (QED) is 0.888. The summed E-state index contributed by atoms with van der Waals surface area (Å²) in [6, 6.07) is 10.8. The molecule has 0 bridgehead atoms. The highest BCUT2D eigenvalue weighted by Crippen LogP contribution is 2.25. The van der Waals surface area contributed by atoms with Gasteiger partial charge in [0, 0.05) is 17.1 Å². The molecule has 0 aromatic heterocycles. The maximum Gasteiger partial charge on any atom is 0.124 e. The fourth-order valence-corrected chi connectivity index (χ4v) is 2.15. The van der Waals surface area contributed by atoms with Crippen LogP contribution in [0.1, 0.15) is 11.1 Å². The molecule has 2 N–H and O–H groups in total. The highest BCUT2D eigenvalue weighted by atomic mass is 35.5. The van der Waals surface area contributed by atoms with Gasteiger partial charge in [-0.3, -0.25) is 0 Å². The largest absolute Gasteiger partial charge is 0.489 e. The zero-order chi connectivity index (χ0) is 13.8. The molecule has 2 aromatic carbocycles. The number of rotatable bonds is 4. The average molecular weight is 317 g/mol. The number of benzene rings is 2. The lowest BCUT2D eigenvalue weighted by molar-refractivity contribution is 0.303. The summed E-state index contributed by atoms with van der Waals surface area (Å²) in [5, 5.41) is 1.68. The van der Waals surface area contributed by atoms with Crippen molar-refractivity contribution in [2.75, 3.05) is 0 Å². The third-order valence-electron chi connectivity index (χ3n) is 2.62. The van der Waals surface area contributed by atoms with E-state index in [2.05, 4.69) is 0 Å². The van der Waals surface area contributed by atoms with Crippen LogP contribution in [-0.4, -0.2) is 0 Å². The zero-order valence-corrected chi connectivity index (χ0v) is 12.3. The van der Waals surface area contributed by atoms with Crippen LogP contribution in [0, 0.1) is 0 Å². The Kier molecular flexibility index (Phi) is 4.94. The molecule has 0 saturated heterocycles. The normalized spacial score (nSPS) is 10.5. The van der Waals surface area contributed by atoms with Gasteiger partial charge in [0.1, 0.15) is 12.4 Å². The van der Waals surface area contributed by atoms with Gasteiger partial charge < -0.3 is 10.5 Å². The van der Waals surface area contributed by atoms with Crippen molar-refractivity contribution in [2.24, 2.45) is 5.73 Å². The predicted molar refractivity (Wildman–Crippen MR) is 80.1 cm³/mol. The van der Waals surface area contributed by atoms with E-state index >= 15 is 0 Å². The van der Waals surface area contributed by atoms with Gasteiger partial charge in [-0.25, -0.2) is 0 Å². The molecule has 2 aromatic rings. The Bertz CT molecular complexity index is 587. The van der Waals surface area contributed by atoms with Crippen molar-refractivity contribution in [3.63, 3.8) is 0 Å². The summed E-state index contributed by atoms with van der Waals surface area (Å²) in [5.74, 6) is 0.720. The van der Waals surface area contributed by atoms with Gasteiger partial charge in [-0.15, -0.1) is 0 Å². The Balaban J connectivity index is 2.12. The third-order valence-corrected chi connectivity index (χ3v) is 3.59. The van der Waals surface area contributed by atoms with E-state index in [1.165, 1.54) is 0 Å². The van der Waals surface area contributed by atoms with Gasteiger partial charge in [0.15, 0.2) is 0 Å². The molecule has 0 spiro atoms.